The Labute approximate surface area is 134 Å². The maximum atomic E-state index is 9.74. The minimum Gasteiger partial charge on any atom is -0.504 e. The summed E-state index contributed by atoms with van der Waals surface area (Å²) < 4.78 is 16.0. The van der Waals surface area contributed by atoms with Gasteiger partial charge in [-0.25, -0.2) is 0 Å². The number of hydrogen-bond donors (Lipinski definition) is 1. The van der Waals surface area contributed by atoms with E-state index in [4.69, 9.17) is 14.2 Å². The molecular weight excluding hydrogens is 294 g/mol. The summed E-state index contributed by atoms with van der Waals surface area (Å²) in [4.78, 5) is 0. The molecule has 0 radical (unpaired) electrons. The van der Waals surface area contributed by atoms with Crippen LogP contribution in [0.4, 0.5) is 0 Å². The van der Waals surface area contributed by atoms with Crippen LogP contribution in [-0.2, 0) is 0 Å². The van der Waals surface area contributed by atoms with Crippen molar-refractivity contribution in [2.45, 2.75) is 6.92 Å². The number of benzene rings is 2. The normalized spacial score (nSPS) is 12.8. The highest BCUT2D eigenvalue weighted by Crippen LogP contribution is 2.35. The van der Waals surface area contributed by atoms with E-state index in [-0.39, 0.29) is 12.5 Å². The molecule has 0 spiro atoms. The zero-order valence-corrected chi connectivity index (χ0v) is 12.6. The first-order chi connectivity index (χ1) is 11.2. The maximum Gasteiger partial charge on any atom is 0.231 e. The molecule has 5 heteroatoms. The van der Waals surface area contributed by atoms with Crippen LogP contribution in [0.1, 0.15) is 18.1 Å². The minimum atomic E-state index is 0.0746. The molecule has 1 aliphatic heterocycles. The first kappa shape index (κ1) is 14.8. The Kier molecular flexibility index (Phi) is 4.07. The summed E-state index contributed by atoms with van der Waals surface area (Å²) in [5, 5.41) is 19.2. The Morgan fingerprint density at radius 2 is 2.09 bits per heavy atom. The fourth-order valence-electron chi connectivity index (χ4n) is 2.30. The van der Waals surface area contributed by atoms with Gasteiger partial charge >= 0.3 is 0 Å². The standard InChI is InChI=1S/C18H15NO4/c1-2-21-17-8-12(3-5-15(17)20)7-14(10-19)13-4-6-16-18(9-13)23-11-22-16/h3-9,20H,2,11H2,1H3/b14-7-. The first-order valence-electron chi connectivity index (χ1n) is 7.19. The number of ether oxygens (including phenoxy) is 3. The molecule has 5 nitrogen and oxygen atoms in total. The molecule has 0 fully saturated rings. The second-order valence-corrected chi connectivity index (χ2v) is 4.90. The third-order valence-corrected chi connectivity index (χ3v) is 3.40. The summed E-state index contributed by atoms with van der Waals surface area (Å²) >= 11 is 0. The van der Waals surface area contributed by atoms with Crippen molar-refractivity contribution in [2.24, 2.45) is 0 Å². The second kappa shape index (κ2) is 6.32. The average molecular weight is 309 g/mol. The quantitative estimate of drug-likeness (QED) is 0.690. The van der Waals surface area contributed by atoms with Crippen LogP contribution in [0.15, 0.2) is 36.4 Å². The molecule has 2 aromatic carbocycles. The predicted molar refractivity (Wildman–Crippen MR) is 85.3 cm³/mol. The number of nitrogens with zero attached hydrogens (tertiary/aromatic N) is 1. The molecule has 0 aromatic heterocycles. The lowest BCUT2D eigenvalue weighted by molar-refractivity contribution is 0.174. The van der Waals surface area contributed by atoms with Crippen LogP contribution in [0.25, 0.3) is 11.6 Å². The number of aromatic hydroxyl groups is 1. The van der Waals surface area contributed by atoms with Crippen LogP contribution >= 0.6 is 0 Å². The van der Waals surface area contributed by atoms with Crippen molar-refractivity contribution in [3.05, 3.63) is 47.5 Å². The summed E-state index contributed by atoms with van der Waals surface area (Å²) in [5.41, 5.74) is 1.99. The van der Waals surface area contributed by atoms with Crippen molar-refractivity contribution in [1.29, 1.82) is 5.26 Å². The SMILES string of the molecule is CCOc1cc(/C=C(/C#N)c2ccc3c(c2)OCO3)ccc1O. The number of hydrogen-bond acceptors (Lipinski definition) is 5. The van der Waals surface area contributed by atoms with E-state index in [1.807, 2.05) is 13.0 Å². The number of phenolic OH excluding ortho intramolecular Hbond substituents is 1. The predicted octanol–water partition coefficient (Wildman–Crippen LogP) is 3.58. The van der Waals surface area contributed by atoms with Gasteiger partial charge in [0, 0.05) is 0 Å². The van der Waals surface area contributed by atoms with Crippen molar-refractivity contribution in [3.63, 3.8) is 0 Å². The van der Waals surface area contributed by atoms with Gasteiger partial charge in [0.25, 0.3) is 0 Å². The van der Waals surface area contributed by atoms with E-state index in [1.165, 1.54) is 0 Å². The Morgan fingerprint density at radius 3 is 2.87 bits per heavy atom. The van der Waals surface area contributed by atoms with Gasteiger partial charge in [-0.15, -0.1) is 0 Å². The molecule has 0 bridgehead atoms. The largest absolute Gasteiger partial charge is 0.504 e. The molecule has 0 aliphatic carbocycles. The molecule has 1 N–H and O–H groups in total. The van der Waals surface area contributed by atoms with Gasteiger partial charge in [0.05, 0.1) is 18.2 Å². The van der Waals surface area contributed by atoms with Gasteiger partial charge in [-0.3, -0.25) is 0 Å². The van der Waals surface area contributed by atoms with Gasteiger partial charge in [0.15, 0.2) is 23.0 Å². The average Bonchev–Trinajstić information content (AvgIpc) is 3.03. The highest BCUT2D eigenvalue weighted by Gasteiger charge is 2.14. The van der Waals surface area contributed by atoms with E-state index in [2.05, 4.69) is 6.07 Å². The molecule has 2 aromatic rings. The van der Waals surface area contributed by atoms with Crippen LogP contribution in [0.3, 0.4) is 0 Å². The lowest BCUT2D eigenvalue weighted by Crippen LogP contribution is -1.93. The number of rotatable bonds is 4. The molecule has 1 heterocycles. The van der Waals surface area contributed by atoms with Crippen LogP contribution in [0.5, 0.6) is 23.0 Å². The fourth-order valence-corrected chi connectivity index (χ4v) is 2.30. The van der Waals surface area contributed by atoms with Crippen molar-refractivity contribution < 1.29 is 19.3 Å². The van der Waals surface area contributed by atoms with Crippen LogP contribution in [-0.4, -0.2) is 18.5 Å². The third-order valence-electron chi connectivity index (χ3n) is 3.40. The van der Waals surface area contributed by atoms with Gasteiger partial charge in [-0.05, 0) is 54.5 Å². The highest BCUT2D eigenvalue weighted by atomic mass is 16.7. The number of fused-ring (bicyclic) bond motifs is 1. The lowest BCUT2D eigenvalue weighted by Gasteiger charge is -2.07. The van der Waals surface area contributed by atoms with Gasteiger partial charge in [0.2, 0.25) is 6.79 Å². The summed E-state index contributed by atoms with van der Waals surface area (Å²) in [5.74, 6) is 1.77. The van der Waals surface area contributed by atoms with Crippen LogP contribution < -0.4 is 14.2 Å². The minimum absolute atomic E-state index is 0.0746. The third kappa shape index (κ3) is 3.06. The highest BCUT2D eigenvalue weighted by molar-refractivity contribution is 5.90. The smallest absolute Gasteiger partial charge is 0.231 e. The fraction of sp³-hybridized carbons (Fsp3) is 0.167. The Hall–Kier alpha value is -3.13. The van der Waals surface area contributed by atoms with Crippen molar-refractivity contribution in [1.82, 2.24) is 0 Å². The molecule has 23 heavy (non-hydrogen) atoms. The Balaban J connectivity index is 1.96. The van der Waals surface area contributed by atoms with E-state index < -0.39 is 0 Å². The molecule has 1 aliphatic rings. The molecule has 0 unspecified atom stereocenters. The summed E-state index contributed by atoms with van der Waals surface area (Å²) in [7, 11) is 0. The molecule has 0 amide bonds. The zero-order valence-electron chi connectivity index (χ0n) is 12.6. The number of nitriles is 1. The van der Waals surface area contributed by atoms with Gasteiger partial charge < -0.3 is 19.3 Å². The van der Waals surface area contributed by atoms with Crippen molar-refractivity contribution in [3.8, 4) is 29.1 Å². The number of phenols is 1. The van der Waals surface area contributed by atoms with Crippen LogP contribution in [0.2, 0.25) is 0 Å². The second-order valence-electron chi connectivity index (χ2n) is 4.90. The van der Waals surface area contributed by atoms with Crippen molar-refractivity contribution in [2.75, 3.05) is 13.4 Å². The molecule has 0 saturated heterocycles. The molecule has 116 valence electrons. The number of allylic oxidation sites excluding steroid dienone is 1. The lowest BCUT2D eigenvalue weighted by atomic mass is 10.0. The van der Waals surface area contributed by atoms with E-state index in [1.54, 1.807) is 36.4 Å². The van der Waals surface area contributed by atoms with E-state index in [0.29, 0.717) is 29.4 Å². The van der Waals surface area contributed by atoms with Gasteiger partial charge in [-0.2, -0.15) is 5.26 Å². The van der Waals surface area contributed by atoms with E-state index in [0.717, 1.165) is 11.1 Å². The molecule has 0 atom stereocenters. The first-order valence-corrected chi connectivity index (χ1v) is 7.19. The van der Waals surface area contributed by atoms with E-state index >= 15 is 0 Å². The van der Waals surface area contributed by atoms with Gasteiger partial charge in [0.1, 0.15) is 0 Å². The molecule has 3 rings (SSSR count). The Morgan fingerprint density at radius 1 is 1.26 bits per heavy atom. The van der Waals surface area contributed by atoms with Crippen molar-refractivity contribution >= 4 is 11.6 Å². The maximum absolute atomic E-state index is 9.74. The summed E-state index contributed by atoms with van der Waals surface area (Å²) in [6.45, 7) is 2.49. The zero-order chi connectivity index (χ0) is 16.2. The molecule has 0 saturated carbocycles. The van der Waals surface area contributed by atoms with E-state index in [9.17, 15) is 10.4 Å². The van der Waals surface area contributed by atoms with Gasteiger partial charge in [-0.1, -0.05) is 6.07 Å². The topological polar surface area (TPSA) is 71.7 Å². The Bertz CT molecular complexity index is 805. The van der Waals surface area contributed by atoms with Crippen LogP contribution in [0, 0.1) is 11.3 Å². The summed E-state index contributed by atoms with van der Waals surface area (Å²) in [6, 6.07) is 12.5. The molecular formula is C18H15NO4. The summed E-state index contributed by atoms with van der Waals surface area (Å²) in [6.07, 6.45) is 1.74. The monoisotopic (exact) mass is 309 g/mol.